The molecule has 0 bridgehead atoms. The molecule has 5 heteroatoms. The zero-order valence-corrected chi connectivity index (χ0v) is 12.9. The molecular formula is C15H16ClF2NS. The molecule has 1 aromatic carbocycles. The van der Waals surface area contributed by atoms with Crippen molar-refractivity contribution in [3.05, 3.63) is 56.2 Å². The number of thiophene rings is 1. The summed E-state index contributed by atoms with van der Waals surface area (Å²) in [5, 5.41) is 3.07. The van der Waals surface area contributed by atoms with Crippen molar-refractivity contribution in [3.63, 3.8) is 0 Å². The second-order valence-corrected chi connectivity index (χ2v) is 6.35. The van der Waals surface area contributed by atoms with Crippen LogP contribution in [0.2, 0.25) is 5.02 Å². The number of rotatable bonds is 5. The van der Waals surface area contributed by atoms with E-state index in [2.05, 4.69) is 5.32 Å². The number of aryl methyl sites for hydroxylation is 1. The zero-order valence-electron chi connectivity index (χ0n) is 11.3. The van der Waals surface area contributed by atoms with E-state index in [1.54, 1.807) is 11.3 Å². The lowest BCUT2D eigenvalue weighted by molar-refractivity contribution is 0.539. The molecule has 0 spiro atoms. The summed E-state index contributed by atoms with van der Waals surface area (Å²) in [5.74, 6) is -1.09. The average Bonchev–Trinajstić information content (AvgIpc) is 2.82. The van der Waals surface area contributed by atoms with Crippen molar-refractivity contribution in [2.24, 2.45) is 0 Å². The van der Waals surface area contributed by atoms with E-state index in [1.165, 1.54) is 6.07 Å². The Kier molecular flexibility index (Phi) is 5.13. The summed E-state index contributed by atoms with van der Waals surface area (Å²) in [6.45, 7) is 4.75. The molecule has 0 radical (unpaired) electrons. The van der Waals surface area contributed by atoms with Gasteiger partial charge in [0.05, 0.1) is 11.1 Å². The van der Waals surface area contributed by atoms with Gasteiger partial charge in [-0.25, -0.2) is 8.78 Å². The van der Waals surface area contributed by atoms with Crippen molar-refractivity contribution in [2.45, 2.75) is 26.3 Å². The highest BCUT2D eigenvalue weighted by Crippen LogP contribution is 2.32. The molecule has 0 saturated heterocycles. The van der Waals surface area contributed by atoms with Crippen LogP contribution in [0.3, 0.4) is 0 Å². The minimum absolute atomic E-state index is 0.192. The maximum absolute atomic E-state index is 14.1. The lowest BCUT2D eigenvalue weighted by Crippen LogP contribution is -2.23. The van der Waals surface area contributed by atoms with Crippen molar-refractivity contribution < 1.29 is 8.78 Å². The number of hydrogen-bond donors (Lipinski definition) is 1. The van der Waals surface area contributed by atoms with Gasteiger partial charge in [0.25, 0.3) is 0 Å². The van der Waals surface area contributed by atoms with Gasteiger partial charge in [0.2, 0.25) is 0 Å². The molecule has 1 aromatic heterocycles. The maximum Gasteiger partial charge on any atom is 0.142 e. The third-order valence-corrected chi connectivity index (χ3v) is 4.35. The van der Waals surface area contributed by atoms with Crippen LogP contribution in [0.4, 0.5) is 8.78 Å². The Balaban J connectivity index is 2.43. The normalized spacial score (nSPS) is 12.7. The van der Waals surface area contributed by atoms with Crippen LogP contribution in [-0.2, 0) is 0 Å². The van der Waals surface area contributed by atoms with E-state index < -0.39 is 11.6 Å². The molecule has 1 atom stereocenters. The number of benzene rings is 1. The molecule has 0 aliphatic rings. The minimum Gasteiger partial charge on any atom is -0.306 e. The average molecular weight is 316 g/mol. The topological polar surface area (TPSA) is 12.0 Å². The molecule has 0 aliphatic carbocycles. The maximum atomic E-state index is 14.1. The van der Waals surface area contributed by atoms with Crippen LogP contribution in [-0.4, -0.2) is 6.54 Å². The molecule has 20 heavy (non-hydrogen) atoms. The quantitative estimate of drug-likeness (QED) is 0.759. The molecule has 108 valence electrons. The van der Waals surface area contributed by atoms with Crippen LogP contribution in [0.25, 0.3) is 0 Å². The second kappa shape index (κ2) is 6.66. The van der Waals surface area contributed by atoms with Crippen LogP contribution in [0, 0.1) is 18.6 Å². The van der Waals surface area contributed by atoms with E-state index >= 15 is 0 Å². The van der Waals surface area contributed by atoms with E-state index in [4.69, 9.17) is 11.6 Å². The van der Waals surface area contributed by atoms with Crippen molar-refractivity contribution in [2.75, 3.05) is 6.54 Å². The fourth-order valence-electron chi connectivity index (χ4n) is 2.02. The van der Waals surface area contributed by atoms with E-state index in [-0.39, 0.29) is 11.1 Å². The third kappa shape index (κ3) is 3.37. The van der Waals surface area contributed by atoms with Gasteiger partial charge in [-0.1, -0.05) is 18.5 Å². The van der Waals surface area contributed by atoms with Crippen LogP contribution >= 0.6 is 22.9 Å². The molecule has 2 rings (SSSR count). The SMILES string of the molecule is CCCNC(c1ccc(C)s1)c1cc(F)c(Cl)cc1F. The molecule has 1 unspecified atom stereocenters. The van der Waals surface area contributed by atoms with Crippen molar-refractivity contribution >= 4 is 22.9 Å². The van der Waals surface area contributed by atoms with Gasteiger partial charge in [-0.3, -0.25) is 0 Å². The minimum atomic E-state index is -0.598. The monoisotopic (exact) mass is 315 g/mol. The molecule has 2 aromatic rings. The van der Waals surface area contributed by atoms with Gasteiger partial charge in [0.15, 0.2) is 0 Å². The number of halogens is 3. The van der Waals surface area contributed by atoms with Crippen molar-refractivity contribution in [3.8, 4) is 0 Å². The molecule has 0 amide bonds. The van der Waals surface area contributed by atoms with E-state index in [1.807, 2.05) is 26.0 Å². The highest BCUT2D eigenvalue weighted by atomic mass is 35.5. The molecule has 1 heterocycles. The van der Waals surface area contributed by atoms with Gasteiger partial charge in [0.1, 0.15) is 11.6 Å². The molecule has 1 N–H and O–H groups in total. The van der Waals surface area contributed by atoms with E-state index in [0.717, 1.165) is 28.8 Å². The van der Waals surface area contributed by atoms with Crippen LogP contribution in [0.5, 0.6) is 0 Å². The van der Waals surface area contributed by atoms with Gasteiger partial charge in [-0.15, -0.1) is 11.3 Å². The molecule has 0 aliphatic heterocycles. The Morgan fingerprint density at radius 1 is 1.25 bits per heavy atom. The lowest BCUT2D eigenvalue weighted by Gasteiger charge is -2.19. The Morgan fingerprint density at radius 3 is 2.60 bits per heavy atom. The fourth-order valence-corrected chi connectivity index (χ4v) is 3.14. The summed E-state index contributed by atoms with van der Waals surface area (Å²) in [7, 11) is 0. The smallest absolute Gasteiger partial charge is 0.142 e. The fraction of sp³-hybridized carbons (Fsp3) is 0.333. The Labute approximate surface area is 126 Å². The zero-order chi connectivity index (χ0) is 14.7. The summed E-state index contributed by atoms with van der Waals surface area (Å²) in [6.07, 6.45) is 0.915. The standard InChI is InChI=1S/C15H16ClF2NS/c1-3-6-19-15(14-5-4-9(2)20-14)10-7-13(18)11(16)8-12(10)17/h4-5,7-8,15,19H,3,6H2,1-2H3. The lowest BCUT2D eigenvalue weighted by atomic mass is 10.0. The molecule has 1 nitrogen and oxygen atoms in total. The summed E-state index contributed by atoms with van der Waals surface area (Å²) in [5.41, 5.74) is 0.294. The number of hydrogen-bond acceptors (Lipinski definition) is 2. The van der Waals surface area contributed by atoms with E-state index in [0.29, 0.717) is 5.56 Å². The second-order valence-electron chi connectivity index (χ2n) is 4.62. The highest BCUT2D eigenvalue weighted by Gasteiger charge is 2.20. The van der Waals surface area contributed by atoms with Crippen molar-refractivity contribution in [1.29, 1.82) is 0 Å². The van der Waals surface area contributed by atoms with Gasteiger partial charge < -0.3 is 5.32 Å². The Hall–Kier alpha value is -0.970. The predicted molar refractivity (Wildman–Crippen MR) is 80.6 cm³/mol. The van der Waals surface area contributed by atoms with Crippen LogP contribution in [0.15, 0.2) is 24.3 Å². The van der Waals surface area contributed by atoms with Gasteiger partial charge in [-0.2, -0.15) is 0 Å². The highest BCUT2D eigenvalue weighted by molar-refractivity contribution is 7.12. The first-order valence-electron chi connectivity index (χ1n) is 6.47. The van der Waals surface area contributed by atoms with Gasteiger partial charge in [0, 0.05) is 15.3 Å². The van der Waals surface area contributed by atoms with Gasteiger partial charge in [-0.05, 0) is 44.2 Å². The Bertz CT molecular complexity index is 598. The molecule has 0 fully saturated rings. The van der Waals surface area contributed by atoms with Crippen molar-refractivity contribution in [1.82, 2.24) is 5.32 Å². The van der Waals surface area contributed by atoms with Crippen LogP contribution < -0.4 is 5.32 Å². The molecular weight excluding hydrogens is 300 g/mol. The first kappa shape index (κ1) is 15.4. The Morgan fingerprint density at radius 2 is 2.00 bits per heavy atom. The summed E-state index contributed by atoms with van der Waals surface area (Å²) >= 11 is 7.19. The van der Waals surface area contributed by atoms with Crippen LogP contribution in [0.1, 0.15) is 34.7 Å². The van der Waals surface area contributed by atoms with E-state index in [9.17, 15) is 8.78 Å². The summed E-state index contributed by atoms with van der Waals surface area (Å²) < 4.78 is 27.8. The first-order chi connectivity index (χ1) is 9.52. The molecule has 0 saturated carbocycles. The first-order valence-corrected chi connectivity index (χ1v) is 7.66. The predicted octanol–water partition coefficient (Wildman–Crippen LogP) is 5.08. The number of nitrogens with one attached hydrogen (secondary N) is 1. The largest absolute Gasteiger partial charge is 0.306 e. The third-order valence-electron chi connectivity index (χ3n) is 2.99. The summed E-state index contributed by atoms with van der Waals surface area (Å²) in [6, 6.07) is 5.79. The summed E-state index contributed by atoms with van der Waals surface area (Å²) in [4.78, 5) is 2.11. The van der Waals surface area contributed by atoms with Gasteiger partial charge >= 0.3 is 0 Å².